The molecule has 0 radical (unpaired) electrons. The average Bonchev–Trinajstić information content (AvgIpc) is 2.51. The summed E-state index contributed by atoms with van der Waals surface area (Å²) >= 11 is 0. The maximum atomic E-state index is 11.5. The third kappa shape index (κ3) is 5.76. The van der Waals surface area contributed by atoms with Crippen molar-refractivity contribution in [1.29, 1.82) is 0 Å². The van der Waals surface area contributed by atoms with Gasteiger partial charge in [-0.25, -0.2) is 4.79 Å². The Hall–Kier alpha value is -2.03. The molecule has 22 heavy (non-hydrogen) atoms. The highest BCUT2D eigenvalue weighted by atomic mass is 16.5. The van der Waals surface area contributed by atoms with Crippen LogP contribution < -0.4 is 4.74 Å². The van der Waals surface area contributed by atoms with Gasteiger partial charge in [0, 0.05) is 0 Å². The van der Waals surface area contributed by atoms with Gasteiger partial charge in [0.2, 0.25) is 0 Å². The van der Waals surface area contributed by atoms with Gasteiger partial charge in [-0.3, -0.25) is 0 Å². The first kappa shape index (κ1) is 18.0. The van der Waals surface area contributed by atoms with Crippen LogP contribution in [0.15, 0.2) is 41.5 Å². The van der Waals surface area contributed by atoms with Crippen molar-refractivity contribution in [2.45, 2.75) is 40.0 Å². The Labute approximate surface area is 133 Å². The number of benzene rings is 1. The molecule has 0 aromatic heterocycles. The monoisotopic (exact) mass is 302 g/mol. The number of esters is 1. The molecular formula is C19H26O3. The highest BCUT2D eigenvalue weighted by Gasteiger charge is 2.09. The van der Waals surface area contributed by atoms with Crippen LogP contribution in [0.1, 0.15) is 49.5 Å². The number of carbonyl (C=O) groups excluding carboxylic acids is 1. The summed E-state index contributed by atoms with van der Waals surface area (Å²) in [5.41, 5.74) is 4.29. The Morgan fingerprint density at radius 2 is 1.86 bits per heavy atom. The zero-order chi connectivity index (χ0) is 16.5. The van der Waals surface area contributed by atoms with Crippen LogP contribution in [-0.2, 0) is 11.2 Å². The molecule has 0 atom stereocenters. The fraction of sp³-hybridized carbons (Fsp3) is 0.421. The molecule has 0 saturated carbocycles. The lowest BCUT2D eigenvalue weighted by molar-refractivity contribution is 0.0600. The first-order chi connectivity index (χ1) is 10.5. The van der Waals surface area contributed by atoms with Crippen molar-refractivity contribution in [1.82, 2.24) is 0 Å². The summed E-state index contributed by atoms with van der Waals surface area (Å²) in [6.45, 7) is 6.38. The van der Waals surface area contributed by atoms with E-state index < -0.39 is 0 Å². The fourth-order valence-corrected chi connectivity index (χ4v) is 2.13. The van der Waals surface area contributed by atoms with E-state index in [2.05, 4.69) is 32.9 Å². The molecular weight excluding hydrogens is 276 g/mol. The summed E-state index contributed by atoms with van der Waals surface area (Å²) in [4.78, 5) is 11.5. The Balaban J connectivity index is 2.76. The van der Waals surface area contributed by atoms with Crippen molar-refractivity contribution in [2.75, 3.05) is 14.2 Å². The van der Waals surface area contributed by atoms with E-state index in [4.69, 9.17) is 9.47 Å². The van der Waals surface area contributed by atoms with Gasteiger partial charge in [-0.1, -0.05) is 29.4 Å². The molecule has 0 fully saturated rings. The number of hydrogen-bond donors (Lipinski definition) is 0. The summed E-state index contributed by atoms with van der Waals surface area (Å²) in [6.07, 6.45) is 7.40. The Morgan fingerprint density at radius 3 is 2.45 bits per heavy atom. The molecule has 3 heteroatoms. The first-order valence-corrected chi connectivity index (χ1v) is 7.52. The summed E-state index contributed by atoms with van der Waals surface area (Å²) in [6, 6.07) is 5.43. The standard InChI is InChI=1S/C19H26O3/c1-14(2)7-6-8-15(3)9-10-16-11-12-17(19(20)22-5)13-18(16)21-4/h7,9,11-13H,6,8,10H2,1-5H3/b15-9+. The van der Waals surface area contributed by atoms with Crippen molar-refractivity contribution < 1.29 is 14.3 Å². The molecule has 0 aliphatic rings. The molecule has 0 N–H and O–H groups in total. The third-order valence-electron chi connectivity index (χ3n) is 3.47. The highest BCUT2D eigenvalue weighted by molar-refractivity contribution is 5.89. The van der Waals surface area contributed by atoms with Crippen LogP contribution in [0.5, 0.6) is 5.75 Å². The molecule has 0 saturated heterocycles. The normalized spacial score (nSPS) is 11.0. The largest absolute Gasteiger partial charge is 0.496 e. The van der Waals surface area contributed by atoms with Crippen LogP contribution in [0, 0.1) is 0 Å². The van der Waals surface area contributed by atoms with Crippen LogP contribution in [0.25, 0.3) is 0 Å². The van der Waals surface area contributed by atoms with Gasteiger partial charge in [0.15, 0.2) is 0 Å². The quantitative estimate of drug-likeness (QED) is 0.540. The molecule has 1 aromatic rings. The van der Waals surface area contributed by atoms with E-state index in [9.17, 15) is 4.79 Å². The molecule has 0 bridgehead atoms. The van der Waals surface area contributed by atoms with Gasteiger partial charge in [0.1, 0.15) is 5.75 Å². The van der Waals surface area contributed by atoms with E-state index in [1.165, 1.54) is 18.3 Å². The van der Waals surface area contributed by atoms with Crippen LogP contribution in [0.3, 0.4) is 0 Å². The molecule has 0 spiro atoms. The van der Waals surface area contributed by atoms with Crippen molar-refractivity contribution >= 4 is 5.97 Å². The third-order valence-corrected chi connectivity index (χ3v) is 3.47. The number of methoxy groups -OCH3 is 2. The SMILES string of the molecule is COC(=O)c1ccc(C/C=C(\C)CCC=C(C)C)c(OC)c1. The maximum absolute atomic E-state index is 11.5. The molecule has 0 aliphatic carbocycles. The van der Waals surface area contributed by atoms with Crippen LogP contribution >= 0.6 is 0 Å². The molecule has 0 unspecified atom stereocenters. The van der Waals surface area contributed by atoms with E-state index in [0.717, 1.165) is 30.6 Å². The minimum absolute atomic E-state index is 0.349. The smallest absolute Gasteiger partial charge is 0.337 e. The van der Waals surface area contributed by atoms with E-state index in [1.54, 1.807) is 19.2 Å². The predicted molar refractivity (Wildman–Crippen MR) is 90.5 cm³/mol. The van der Waals surface area contributed by atoms with E-state index >= 15 is 0 Å². The molecule has 0 amide bonds. The van der Waals surface area contributed by atoms with Gasteiger partial charge in [-0.05, 0) is 57.7 Å². The van der Waals surface area contributed by atoms with Crippen LogP contribution in [0.4, 0.5) is 0 Å². The average molecular weight is 302 g/mol. The second-order valence-electron chi connectivity index (χ2n) is 5.59. The number of allylic oxidation sites excluding steroid dienone is 4. The lowest BCUT2D eigenvalue weighted by atomic mass is 10.0. The zero-order valence-corrected chi connectivity index (χ0v) is 14.2. The van der Waals surface area contributed by atoms with Gasteiger partial charge < -0.3 is 9.47 Å². The molecule has 3 nitrogen and oxygen atoms in total. The van der Waals surface area contributed by atoms with Gasteiger partial charge >= 0.3 is 5.97 Å². The van der Waals surface area contributed by atoms with Crippen LogP contribution in [-0.4, -0.2) is 20.2 Å². The van der Waals surface area contributed by atoms with E-state index in [0.29, 0.717) is 5.56 Å². The summed E-state index contributed by atoms with van der Waals surface area (Å²) in [7, 11) is 2.99. The van der Waals surface area contributed by atoms with E-state index in [1.807, 2.05) is 6.07 Å². The number of hydrogen-bond acceptors (Lipinski definition) is 3. The summed E-state index contributed by atoms with van der Waals surface area (Å²) in [5.74, 6) is 0.370. The fourth-order valence-electron chi connectivity index (χ4n) is 2.13. The topological polar surface area (TPSA) is 35.5 Å². The number of carbonyl (C=O) groups is 1. The highest BCUT2D eigenvalue weighted by Crippen LogP contribution is 2.22. The Kier molecular flexibility index (Phi) is 7.44. The van der Waals surface area contributed by atoms with E-state index in [-0.39, 0.29) is 5.97 Å². The van der Waals surface area contributed by atoms with Gasteiger partial charge in [0.25, 0.3) is 0 Å². The zero-order valence-electron chi connectivity index (χ0n) is 14.2. The summed E-state index contributed by atoms with van der Waals surface area (Å²) < 4.78 is 10.1. The maximum Gasteiger partial charge on any atom is 0.337 e. The van der Waals surface area contributed by atoms with Crippen molar-refractivity contribution in [3.05, 3.63) is 52.6 Å². The van der Waals surface area contributed by atoms with Crippen molar-refractivity contribution in [3.8, 4) is 5.75 Å². The minimum Gasteiger partial charge on any atom is -0.496 e. The molecule has 1 aromatic carbocycles. The van der Waals surface area contributed by atoms with Gasteiger partial charge in [-0.15, -0.1) is 0 Å². The van der Waals surface area contributed by atoms with Gasteiger partial charge in [0.05, 0.1) is 19.8 Å². The second-order valence-corrected chi connectivity index (χ2v) is 5.59. The van der Waals surface area contributed by atoms with Crippen molar-refractivity contribution in [3.63, 3.8) is 0 Å². The Morgan fingerprint density at radius 1 is 1.14 bits per heavy atom. The van der Waals surface area contributed by atoms with Gasteiger partial charge in [-0.2, -0.15) is 0 Å². The predicted octanol–water partition coefficient (Wildman–Crippen LogP) is 4.72. The molecule has 1 rings (SSSR count). The minimum atomic E-state index is -0.349. The second kappa shape index (κ2) is 9.08. The van der Waals surface area contributed by atoms with Crippen molar-refractivity contribution in [2.24, 2.45) is 0 Å². The number of ether oxygens (including phenoxy) is 2. The molecule has 0 aliphatic heterocycles. The Bertz CT molecular complexity index is 564. The lowest BCUT2D eigenvalue weighted by Crippen LogP contribution is -2.02. The lowest BCUT2D eigenvalue weighted by Gasteiger charge is -2.09. The van der Waals surface area contributed by atoms with Crippen LogP contribution in [0.2, 0.25) is 0 Å². The summed E-state index contributed by atoms with van der Waals surface area (Å²) in [5, 5.41) is 0. The molecule has 0 heterocycles. The first-order valence-electron chi connectivity index (χ1n) is 7.52. The number of rotatable bonds is 7. The molecule has 120 valence electrons.